The van der Waals surface area contributed by atoms with Gasteiger partial charge in [0.2, 0.25) is 0 Å². The molecular weight excluding hydrogens is 350 g/mol. The van der Waals surface area contributed by atoms with Crippen molar-refractivity contribution in [1.82, 2.24) is 9.97 Å². The number of nitrogens with one attached hydrogen (secondary N) is 1. The molecule has 0 aliphatic heterocycles. The molecule has 0 aliphatic carbocycles. The van der Waals surface area contributed by atoms with E-state index in [1.54, 1.807) is 18.9 Å². The molecule has 6 heteroatoms. The Hall–Kier alpha value is -1.11. The first-order chi connectivity index (χ1) is 10.2. The summed E-state index contributed by atoms with van der Waals surface area (Å²) in [4.78, 5) is 10.1. The molecule has 2 aromatic rings. The molecule has 0 spiro atoms. The molecule has 1 aromatic carbocycles. The summed E-state index contributed by atoms with van der Waals surface area (Å²) in [6.45, 7) is 3.43. The highest BCUT2D eigenvalue weighted by molar-refractivity contribution is 9.10. The third-order valence-electron chi connectivity index (χ3n) is 2.61. The van der Waals surface area contributed by atoms with Crippen LogP contribution in [-0.4, -0.2) is 23.6 Å². The van der Waals surface area contributed by atoms with Crippen LogP contribution in [0.15, 0.2) is 44.7 Å². The van der Waals surface area contributed by atoms with Crippen LogP contribution in [0.2, 0.25) is 0 Å². The monoisotopic (exact) mass is 367 g/mol. The minimum Gasteiger partial charge on any atom is -0.377 e. The van der Waals surface area contributed by atoms with Gasteiger partial charge < -0.3 is 10.1 Å². The second-order valence-electron chi connectivity index (χ2n) is 4.42. The maximum absolute atomic E-state index is 5.14. The van der Waals surface area contributed by atoms with E-state index < -0.39 is 0 Å². The van der Waals surface area contributed by atoms with Crippen LogP contribution in [0.1, 0.15) is 19.2 Å². The SMILES string of the molecule is CCCNc1cc(Sc2ccc(Br)cc2)nc(COC)n1. The molecule has 1 aromatic heterocycles. The molecule has 0 bridgehead atoms. The van der Waals surface area contributed by atoms with E-state index in [0.717, 1.165) is 33.2 Å². The predicted molar refractivity (Wildman–Crippen MR) is 89.8 cm³/mol. The number of halogens is 1. The first-order valence-corrected chi connectivity index (χ1v) is 8.36. The summed E-state index contributed by atoms with van der Waals surface area (Å²) in [7, 11) is 1.65. The van der Waals surface area contributed by atoms with Gasteiger partial charge in [0.25, 0.3) is 0 Å². The number of benzene rings is 1. The molecule has 0 fully saturated rings. The van der Waals surface area contributed by atoms with Gasteiger partial charge in [-0.3, -0.25) is 0 Å². The fraction of sp³-hybridized carbons (Fsp3) is 0.333. The van der Waals surface area contributed by atoms with E-state index in [0.29, 0.717) is 12.4 Å². The zero-order valence-corrected chi connectivity index (χ0v) is 14.5. The van der Waals surface area contributed by atoms with Gasteiger partial charge in [0.05, 0.1) is 0 Å². The molecule has 1 N–H and O–H groups in total. The van der Waals surface area contributed by atoms with Gasteiger partial charge in [-0.2, -0.15) is 0 Å². The number of aromatic nitrogens is 2. The Balaban J connectivity index is 2.19. The highest BCUT2D eigenvalue weighted by atomic mass is 79.9. The predicted octanol–water partition coefficient (Wildman–Crippen LogP) is 4.36. The summed E-state index contributed by atoms with van der Waals surface area (Å²) < 4.78 is 6.21. The van der Waals surface area contributed by atoms with Gasteiger partial charge >= 0.3 is 0 Å². The van der Waals surface area contributed by atoms with E-state index >= 15 is 0 Å². The van der Waals surface area contributed by atoms with E-state index in [-0.39, 0.29) is 0 Å². The van der Waals surface area contributed by atoms with E-state index in [4.69, 9.17) is 4.74 Å². The van der Waals surface area contributed by atoms with Gasteiger partial charge in [0.1, 0.15) is 17.5 Å². The Bertz CT molecular complexity index is 578. The average Bonchev–Trinajstić information content (AvgIpc) is 2.48. The summed E-state index contributed by atoms with van der Waals surface area (Å²) in [6.07, 6.45) is 1.05. The molecule has 112 valence electrons. The minimum atomic E-state index is 0.412. The maximum Gasteiger partial charge on any atom is 0.157 e. The summed E-state index contributed by atoms with van der Waals surface area (Å²) in [5.74, 6) is 1.54. The van der Waals surface area contributed by atoms with Crippen LogP contribution >= 0.6 is 27.7 Å². The lowest BCUT2D eigenvalue weighted by Gasteiger charge is -2.09. The van der Waals surface area contributed by atoms with Crippen LogP contribution in [0, 0.1) is 0 Å². The van der Waals surface area contributed by atoms with E-state index in [2.05, 4.69) is 50.3 Å². The maximum atomic E-state index is 5.14. The molecule has 21 heavy (non-hydrogen) atoms. The molecule has 2 rings (SSSR count). The van der Waals surface area contributed by atoms with Crippen LogP contribution in [-0.2, 0) is 11.3 Å². The van der Waals surface area contributed by atoms with Crippen molar-refractivity contribution in [3.05, 3.63) is 40.6 Å². The van der Waals surface area contributed by atoms with Crippen molar-refractivity contribution >= 4 is 33.5 Å². The van der Waals surface area contributed by atoms with Crippen molar-refractivity contribution in [2.45, 2.75) is 29.9 Å². The number of hydrogen-bond donors (Lipinski definition) is 1. The fourth-order valence-electron chi connectivity index (χ4n) is 1.69. The first kappa shape index (κ1) is 16.3. The van der Waals surface area contributed by atoms with Crippen molar-refractivity contribution in [2.24, 2.45) is 0 Å². The van der Waals surface area contributed by atoms with Gasteiger partial charge in [0, 0.05) is 29.1 Å². The Morgan fingerprint density at radius 3 is 2.67 bits per heavy atom. The topological polar surface area (TPSA) is 47.0 Å². The van der Waals surface area contributed by atoms with Gasteiger partial charge in [-0.25, -0.2) is 9.97 Å². The van der Waals surface area contributed by atoms with E-state index in [1.807, 2.05) is 18.2 Å². The van der Waals surface area contributed by atoms with Crippen LogP contribution < -0.4 is 5.32 Å². The van der Waals surface area contributed by atoms with Crippen LogP contribution in [0.4, 0.5) is 5.82 Å². The van der Waals surface area contributed by atoms with Crippen molar-refractivity contribution in [1.29, 1.82) is 0 Å². The molecule has 0 unspecified atom stereocenters. The van der Waals surface area contributed by atoms with Crippen molar-refractivity contribution in [2.75, 3.05) is 19.0 Å². The second-order valence-corrected chi connectivity index (χ2v) is 6.43. The molecule has 0 saturated heterocycles. The summed E-state index contributed by atoms with van der Waals surface area (Å²) in [6, 6.07) is 10.1. The Morgan fingerprint density at radius 1 is 1.24 bits per heavy atom. The largest absolute Gasteiger partial charge is 0.377 e. The third-order valence-corrected chi connectivity index (χ3v) is 4.07. The molecule has 1 heterocycles. The van der Waals surface area contributed by atoms with Crippen molar-refractivity contribution in [3.63, 3.8) is 0 Å². The smallest absolute Gasteiger partial charge is 0.157 e. The lowest BCUT2D eigenvalue weighted by atomic mass is 10.4. The molecular formula is C15H18BrN3OS. The number of anilines is 1. The first-order valence-electron chi connectivity index (χ1n) is 6.75. The number of ether oxygens (including phenoxy) is 1. The highest BCUT2D eigenvalue weighted by Crippen LogP contribution is 2.28. The zero-order valence-electron chi connectivity index (χ0n) is 12.1. The number of methoxy groups -OCH3 is 1. The molecule has 4 nitrogen and oxygen atoms in total. The zero-order chi connectivity index (χ0) is 15.1. The Labute approximate surface area is 137 Å². The standard InChI is InChI=1S/C15H18BrN3OS/c1-3-8-17-13-9-15(19-14(18-13)10-20-2)21-12-6-4-11(16)5-7-12/h4-7,9H,3,8,10H2,1-2H3,(H,17,18,19). The van der Waals surface area contributed by atoms with Crippen LogP contribution in [0.3, 0.4) is 0 Å². The van der Waals surface area contributed by atoms with E-state index in [1.165, 1.54) is 0 Å². The van der Waals surface area contributed by atoms with Gasteiger partial charge in [-0.15, -0.1) is 0 Å². The Morgan fingerprint density at radius 2 is 2.00 bits per heavy atom. The quantitative estimate of drug-likeness (QED) is 0.736. The van der Waals surface area contributed by atoms with Crippen LogP contribution in [0.5, 0.6) is 0 Å². The van der Waals surface area contributed by atoms with Crippen molar-refractivity contribution in [3.8, 4) is 0 Å². The van der Waals surface area contributed by atoms with E-state index in [9.17, 15) is 0 Å². The lowest BCUT2D eigenvalue weighted by molar-refractivity contribution is 0.177. The number of hydrogen-bond acceptors (Lipinski definition) is 5. The third kappa shape index (κ3) is 5.30. The summed E-state index contributed by atoms with van der Waals surface area (Å²) >= 11 is 5.06. The minimum absolute atomic E-state index is 0.412. The van der Waals surface area contributed by atoms with Gasteiger partial charge in [0.15, 0.2) is 5.82 Å². The van der Waals surface area contributed by atoms with Crippen molar-refractivity contribution < 1.29 is 4.74 Å². The highest BCUT2D eigenvalue weighted by Gasteiger charge is 2.06. The Kier molecular flexibility index (Phi) is 6.48. The summed E-state index contributed by atoms with van der Waals surface area (Å²) in [5, 5.41) is 4.22. The number of nitrogens with zero attached hydrogens (tertiary/aromatic N) is 2. The molecule has 0 saturated carbocycles. The molecule has 0 aliphatic rings. The fourth-order valence-corrected chi connectivity index (χ4v) is 2.79. The number of rotatable bonds is 7. The summed E-state index contributed by atoms with van der Waals surface area (Å²) in [5.41, 5.74) is 0. The van der Waals surface area contributed by atoms with Crippen LogP contribution in [0.25, 0.3) is 0 Å². The van der Waals surface area contributed by atoms with Gasteiger partial charge in [-0.1, -0.05) is 34.6 Å². The average molecular weight is 368 g/mol. The second kappa shape index (κ2) is 8.36. The van der Waals surface area contributed by atoms with Gasteiger partial charge in [-0.05, 0) is 30.7 Å². The lowest BCUT2D eigenvalue weighted by Crippen LogP contribution is -2.06. The molecule has 0 atom stereocenters. The molecule has 0 radical (unpaired) electrons. The normalized spacial score (nSPS) is 10.6. The molecule has 0 amide bonds.